The number of carbonyl (C=O) groups is 1. The van der Waals surface area contributed by atoms with Gasteiger partial charge in [0.25, 0.3) is 0 Å². The molecule has 36 heavy (non-hydrogen) atoms. The molecule has 0 fully saturated rings. The molecule has 1 amide bonds. The minimum atomic E-state index is -0.320. The van der Waals surface area contributed by atoms with Crippen molar-refractivity contribution in [2.75, 3.05) is 0 Å². The average molecular weight is 497 g/mol. The van der Waals surface area contributed by atoms with Gasteiger partial charge in [0.15, 0.2) is 0 Å². The Bertz CT molecular complexity index is 969. The number of rotatable bonds is 4. The van der Waals surface area contributed by atoms with Gasteiger partial charge in [-0.25, -0.2) is 5.84 Å². The van der Waals surface area contributed by atoms with E-state index in [2.05, 4.69) is 88.5 Å². The van der Waals surface area contributed by atoms with E-state index in [0.717, 1.165) is 33.4 Å². The molecule has 0 radical (unpaired) electrons. The first kappa shape index (κ1) is 29.7. The number of phenols is 2. The van der Waals surface area contributed by atoms with E-state index in [-0.39, 0.29) is 39.9 Å². The lowest BCUT2D eigenvalue weighted by Gasteiger charge is -2.32. The average Bonchev–Trinajstić information content (AvgIpc) is 2.69. The zero-order valence-corrected chi connectivity index (χ0v) is 24.5. The van der Waals surface area contributed by atoms with Crippen molar-refractivity contribution in [3.8, 4) is 11.5 Å². The molecule has 0 saturated carbocycles. The summed E-state index contributed by atoms with van der Waals surface area (Å²) in [5, 5.41) is 22.5. The normalized spacial score (nSPS) is 13.3. The summed E-state index contributed by atoms with van der Waals surface area (Å²) in [6, 6.07) is 8.11. The van der Waals surface area contributed by atoms with Gasteiger partial charge < -0.3 is 10.2 Å². The van der Waals surface area contributed by atoms with Crippen LogP contribution in [0.4, 0.5) is 0 Å². The molecule has 5 nitrogen and oxygen atoms in total. The Morgan fingerprint density at radius 2 is 0.917 bits per heavy atom. The van der Waals surface area contributed by atoms with Crippen molar-refractivity contribution in [3.63, 3.8) is 0 Å². The van der Waals surface area contributed by atoms with Crippen LogP contribution in [0.15, 0.2) is 24.3 Å². The highest BCUT2D eigenvalue weighted by atomic mass is 16.3. The van der Waals surface area contributed by atoms with Crippen LogP contribution in [-0.2, 0) is 26.5 Å². The van der Waals surface area contributed by atoms with E-state index in [1.54, 1.807) is 0 Å². The highest BCUT2D eigenvalue weighted by Crippen LogP contribution is 2.46. The Labute approximate surface area is 218 Å². The van der Waals surface area contributed by atoms with E-state index in [1.807, 2.05) is 24.3 Å². The van der Waals surface area contributed by atoms with Gasteiger partial charge in [0, 0.05) is 12.3 Å². The topological polar surface area (TPSA) is 95.6 Å². The summed E-state index contributed by atoms with van der Waals surface area (Å²) >= 11 is 0. The van der Waals surface area contributed by atoms with Crippen molar-refractivity contribution in [3.05, 3.63) is 57.6 Å². The van der Waals surface area contributed by atoms with Crippen molar-refractivity contribution in [1.82, 2.24) is 5.43 Å². The molecule has 0 bridgehead atoms. The third-order valence-corrected chi connectivity index (χ3v) is 6.85. The summed E-state index contributed by atoms with van der Waals surface area (Å²) in [5.74, 6) is 5.55. The van der Waals surface area contributed by atoms with Gasteiger partial charge in [-0.1, -0.05) is 107 Å². The predicted molar refractivity (Wildman–Crippen MR) is 150 cm³/mol. The number of nitrogens with one attached hydrogen (secondary N) is 1. The zero-order chi connectivity index (χ0) is 28.0. The van der Waals surface area contributed by atoms with Gasteiger partial charge in [-0.05, 0) is 55.0 Å². The second-order valence-electron chi connectivity index (χ2n) is 14.3. The third-order valence-electron chi connectivity index (χ3n) is 6.85. The Morgan fingerprint density at radius 3 is 1.11 bits per heavy atom. The number of hydrogen-bond donors (Lipinski definition) is 4. The molecule has 5 heteroatoms. The fourth-order valence-electron chi connectivity index (χ4n) is 4.68. The maximum atomic E-state index is 12.7. The molecule has 0 saturated heterocycles. The summed E-state index contributed by atoms with van der Waals surface area (Å²) in [5.41, 5.74) is 6.34. The van der Waals surface area contributed by atoms with Crippen LogP contribution < -0.4 is 11.3 Å². The molecule has 2 rings (SSSR count). The molecular weight excluding hydrogens is 448 g/mol. The number of nitrogens with two attached hydrogens (primary N) is 1. The molecule has 0 aromatic heterocycles. The first-order valence-electron chi connectivity index (χ1n) is 12.8. The van der Waals surface area contributed by atoms with E-state index < -0.39 is 0 Å². The quantitative estimate of drug-likeness (QED) is 0.213. The van der Waals surface area contributed by atoms with Crippen LogP contribution >= 0.6 is 0 Å². The van der Waals surface area contributed by atoms with Gasteiger partial charge >= 0.3 is 0 Å². The van der Waals surface area contributed by atoms with Crippen molar-refractivity contribution in [2.45, 2.75) is 117 Å². The summed E-state index contributed by atoms with van der Waals surface area (Å²) in [6.07, 6.45) is 0.145. The first-order chi connectivity index (χ1) is 16.1. The van der Waals surface area contributed by atoms with E-state index in [0.29, 0.717) is 11.5 Å². The highest BCUT2D eigenvalue weighted by Gasteiger charge is 2.32. The maximum Gasteiger partial charge on any atom is 0.234 e. The van der Waals surface area contributed by atoms with Gasteiger partial charge in [0.1, 0.15) is 11.5 Å². The Kier molecular flexibility index (Phi) is 8.03. The molecule has 2 aromatic rings. The molecule has 0 aliphatic carbocycles. The second-order valence-corrected chi connectivity index (χ2v) is 14.3. The molecule has 0 unspecified atom stereocenters. The Hall–Kier alpha value is -2.53. The molecule has 0 aliphatic heterocycles. The van der Waals surface area contributed by atoms with Crippen LogP contribution in [0.3, 0.4) is 0 Å². The van der Waals surface area contributed by atoms with Crippen LogP contribution in [0.25, 0.3) is 0 Å². The predicted octanol–water partition coefficient (Wildman–Crippen LogP) is 6.80. The highest BCUT2D eigenvalue weighted by molar-refractivity contribution is 5.77. The van der Waals surface area contributed by atoms with Gasteiger partial charge in [0.2, 0.25) is 5.91 Å². The molecule has 200 valence electrons. The maximum absolute atomic E-state index is 12.7. The Balaban J connectivity index is 3.01. The monoisotopic (exact) mass is 496 g/mol. The van der Waals surface area contributed by atoms with Crippen LogP contribution in [0.2, 0.25) is 0 Å². The van der Waals surface area contributed by atoms with Gasteiger partial charge in [0.05, 0.1) is 0 Å². The van der Waals surface area contributed by atoms with E-state index >= 15 is 0 Å². The fourth-order valence-corrected chi connectivity index (χ4v) is 4.68. The molecule has 0 heterocycles. The van der Waals surface area contributed by atoms with Crippen LogP contribution in [0.1, 0.15) is 129 Å². The van der Waals surface area contributed by atoms with E-state index in [4.69, 9.17) is 5.84 Å². The fraction of sp³-hybridized carbons (Fsp3) is 0.581. The van der Waals surface area contributed by atoms with Crippen LogP contribution in [-0.4, -0.2) is 16.1 Å². The second kappa shape index (κ2) is 9.74. The number of carbonyl (C=O) groups excluding carboxylic acids is 1. The largest absolute Gasteiger partial charge is 0.507 e. The molecular formula is C31H48N2O3. The molecule has 2 aromatic carbocycles. The molecule has 0 atom stereocenters. The van der Waals surface area contributed by atoms with Gasteiger partial charge in [-0.2, -0.15) is 0 Å². The number of aromatic hydroxyl groups is 2. The van der Waals surface area contributed by atoms with Gasteiger partial charge in [-0.3, -0.25) is 10.2 Å². The molecule has 5 N–H and O–H groups in total. The van der Waals surface area contributed by atoms with Crippen LogP contribution in [0, 0.1) is 0 Å². The summed E-state index contributed by atoms with van der Waals surface area (Å²) in [4.78, 5) is 12.7. The summed E-state index contributed by atoms with van der Waals surface area (Å²) in [7, 11) is 0. The van der Waals surface area contributed by atoms with E-state index in [1.165, 1.54) is 0 Å². The minimum absolute atomic E-state index is 0.145. The molecule has 0 spiro atoms. The number of hydrogen-bond acceptors (Lipinski definition) is 4. The van der Waals surface area contributed by atoms with Gasteiger partial charge in [-0.15, -0.1) is 0 Å². The van der Waals surface area contributed by atoms with Crippen molar-refractivity contribution < 1.29 is 15.0 Å². The van der Waals surface area contributed by atoms with Crippen LogP contribution in [0.5, 0.6) is 11.5 Å². The lowest BCUT2D eigenvalue weighted by atomic mass is 9.73. The standard InChI is InChI=1S/C31H48N2O3/c1-28(2,3)21-13-18(14-22(26(21)35)29(4,5)6)20(17-25(34)33-32)19-15-23(30(7,8)9)27(36)24(16-19)31(10,11)12/h13-16,20,35-36H,17,32H2,1-12H3,(H,33,34). The zero-order valence-electron chi connectivity index (χ0n) is 24.5. The number of phenolic OH excluding ortho intramolecular Hbond substituents is 2. The minimum Gasteiger partial charge on any atom is -0.507 e. The lowest BCUT2D eigenvalue weighted by molar-refractivity contribution is -0.121. The smallest absolute Gasteiger partial charge is 0.234 e. The summed E-state index contributed by atoms with van der Waals surface area (Å²) < 4.78 is 0. The first-order valence-corrected chi connectivity index (χ1v) is 12.8. The number of benzene rings is 2. The van der Waals surface area contributed by atoms with Crippen molar-refractivity contribution >= 4 is 5.91 Å². The number of hydrazine groups is 1. The van der Waals surface area contributed by atoms with E-state index in [9.17, 15) is 15.0 Å². The number of amides is 1. The van der Waals surface area contributed by atoms with Crippen molar-refractivity contribution in [2.24, 2.45) is 5.84 Å². The SMILES string of the molecule is CC(C)(C)c1cc(C(CC(=O)NN)c2cc(C(C)(C)C)c(O)c(C(C)(C)C)c2)cc(C(C)(C)C)c1O. The van der Waals surface area contributed by atoms with Crippen molar-refractivity contribution in [1.29, 1.82) is 0 Å². The lowest BCUT2D eigenvalue weighted by Crippen LogP contribution is -2.31. The third kappa shape index (κ3) is 6.42. The summed E-state index contributed by atoms with van der Waals surface area (Å²) in [6.45, 7) is 25.0. The Morgan fingerprint density at radius 1 is 0.667 bits per heavy atom. The molecule has 0 aliphatic rings.